The summed E-state index contributed by atoms with van der Waals surface area (Å²) < 4.78 is 5.34. The number of amides is 2. The fraction of sp³-hybridized carbons (Fsp3) is 0.333. The molecule has 2 aliphatic rings. The van der Waals surface area contributed by atoms with E-state index < -0.39 is 0 Å². The molecule has 0 radical (unpaired) electrons. The molecule has 10 heteroatoms. The number of rotatable bonds is 8. The van der Waals surface area contributed by atoms with Crippen LogP contribution in [0.3, 0.4) is 0 Å². The third kappa shape index (κ3) is 6.25. The van der Waals surface area contributed by atoms with Crippen molar-refractivity contribution in [2.45, 2.75) is 12.3 Å². The van der Waals surface area contributed by atoms with Crippen LogP contribution in [-0.4, -0.2) is 72.6 Å². The highest BCUT2D eigenvalue weighted by atomic mass is 35.5. The molecule has 1 atom stereocenters. The molecule has 0 aliphatic carbocycles. The first kappa shape index (κ1) is 25.1. The van der Waals surface area contributed by atoms with Crippen LogP contribution in [0.15, 0.2) is 54.9 Å². The summed E-state index contributed by atoms with van der Waals surface area (Å²) in [5.74, 6) is -0.641. The van der Waals surface area contributed by atoms with Gasteiger partial charge in [-0.05, 0) is 48.9 Å². The minimum absolute atomic E-state index is 0.0376. The molecule has 0 saturated carbocycles. The second kappa shape index (κ2) is 11.7. The predicted octanol–water partition coefficient (Wildman–Crippen LogP) is 3.17. The number of morpholine rings is 1. The fourth-order valence-electron chi connectivity index (χ4n) is 4.72. The third-order valence-electron chi connectivity index (χ3n) is 6.59. The highest BCUT2D eigenvalue weighted by molar-refractivity contribution is 6.30. The average Bonchev–Trinajstić information content (AvgIpc) is 3.33. The van der Waals surface area contributed by atoms with E-state index in [2.05, 4.69) is 30.8 Å². The van der Waals surface area contributed by atoms with Crippen LogP contribution in [0.4, 0.5) is 11.4 Å². The van der Waals surface area contributed by atoms with Gasteiger partial charge in [0.2, 0.25) is 11.8 Å². The number of hydrogen-bond acceptors (Lipinski definition) is 7. The Bertz CT molecular complexity index is 1320. The van der Waals surface area contributed by atoms with Gasteiger partial charge in [0.1, 0.15) is 6.33 Å². The molecule has 0 spiro atoms. The minimum Gasteiger partial charge on any atom is -0.384 e. The second-order valence-corrected chi connectivity index (χ2v) is 9.51. The maximum Gasteiger partial charge on any atom is 0.248 e. The first-order valence-electron chi connectivity index (χ1n) is 12.4. The number of nitrogens with zero attached hydrogens (tertiary/aromatic N) is 3. The molecule has 2 amide bonds. The van der Waals surface area contributed by atoms with Crippen LogP contribution in [0, 0.1) is 0 Å². The number of anilines is 2. The van der Waals surface area contributed by atoms with Gasteiger partial charge in [-0.1, -0.05) is 17.7 Å². The van der Waals surface area contributed by atoms with Gasteiger partial charge in [0, 0.05) is 66.0 Å². The van der Waals surface area contributed by atoms with Gasteiger partial charge in [0.05, 0.1) is 24.4 Å². The van der Waals surface area contributed by atoms with Crippen molar-refractivity contribution in [2.24, 2.45) is 0 Å². The quantitative estimate of drug-likeness (QED) is 0.309. The van der Waals surface area contributed by atoms with Gasteiger partial charge in [-0.2, -0.15) is 0 Å². The Balaban J connectivity index is 1.19. The highest BCUT2D eigenvalue weighted by Crippen LogP contribution is 2.39. The maximum atomic E-state index is 12.5. The van der Waals surface area contributed by atoms with Gasteiger partial charge in [-0.3, -0.25) is 14.5 Å². The zero-order valence-corrected chi connectivity index (χ0v) is 21.1. The molecule has 2 aromatic carbocycles. The van der Waals surface area contributed by atoms with Gasteiger partial charge in [0.15, 0.2) is 0 Å². The number of carbonyl (C=O) groups excluding carboxylic acids is 2. The SMILES string of the molecule is O=C(C=CC(=O)Nc1ccc2ncnc(C3CNc4cc(Cl)ccc43)c2c1)NCCCN1CCOCC1. The van der Waals surface area contributed by atoms with E-state index in [0.29, 0.717) is 23.8 Å². The molecule has 1 aromatic heterocycles. The van der Waals surface area contributed by atoms with Gasteiger partial charge >= 0.3 is 0 Å². The normalized spacial score (nSPS) is 17.5. The van der Waals surface area contributed by atoms with E-state index in [1.807, 2.05) is 30.3 Å². The van der Waals surface area contributed by atoms with Crippen molar-refractivity contribution >= 4 is 45.7 Å². The van der Waals surface area contributed by atoms with Crippen LogP contribution < -0.4 is 16.0 Å². The summed E-state index contributed by atoms with van der Waals surface area (Å²) in [6.45, 7) is 5.54. The molecule has 37 heavy (non-hydrogen) atoms. The summed E-state index contributed by atoms with van der Waals surface area (Å²) in [6, 6.07) is 11.3. The summed E-state index contributed by atoms with van der Waals surface area (Å²) in [5, 5.41) is 10.6. The molecule has 2 aliphatic heterocycles. The van der Waals surface area contributed by atoms with Crippen molar-refractivity contribution in [3.63, 3.8) is 0 Å². The molecule has 1 saturated heterocycles. The zero-order valence-electron chi connectivity index (χ0n) is 20.4. The molecule has 0 bridgehead atoms. The Morgan fingerprint density at radius 1 is 1.11 bits per heavy atom. The van der Waals surface area contributed by atoms with Gasteiger partial charge < -0.3 is 20.7 Å². The first-order chi connectivity index (χ1) is 18.1. The van der Waals surface area contributed by atoms with Crippen LogP contribution in [0.25, 0.3) is 10.9 Å². The summed E-state index contributed by atoms with van der Waals surface area (Å²) in [6.07, 6.45) is 4.91. The van der Waals surface area contributed by atoms with Crippen LogP contribution in [0.2, 0.25) is 5.02 Å². The maximum absolute atomic E-state index is 12.5. The molecular weight excluding hydrogens is 492 g/mol. The van der Waals surface area contributed by atoms with Crippen molar-refractivity contribution in [3.8, 4) is 0 Å². The largest absolute Gasteiger partial charge is 0.384 e. The van der Waals surface area contributed by atoms with E-state index in [1.165, 1.54) is 12.2 Å². The summed E-state index contributed by atoms with van der Waals surface area (Å²) in [7, 11) is 0. The number of nitrogens with one attached hydrogen (secondary N) is 3. The Morgan fingerprint density at radius 3 is 2.81 bits per heavy atom. The van der Waals surface area contributed by atoms with E-state index in [0.717, 1.165) is 67.1 Å². The molecule has 9 nitrogen and oxygen atoms in total. The minimum atomic E-state index is -0.385. The number of benzene rings is 2. The van der Waals surface area contributed by atoms with E-state index in [-0.39, 0.29) is 17.7 Å². The lowest BCUT2D eigenvalue weighted by Gasteiger charge is -2.26. The van der Waals surface area contributed by atoms with Gasteiger partial charge in [0.25, 0.3) is 0 Å². The topological polar surface area (TPSA) is 108 Å². The molecule has 1 unspecified atom stereocenters. The summed E-state index contributed by atoms with van der Waals surface area (Å²) in [5.41, 5.74) is 4.39. The second-order valence-electron chi connectivity index (χ2n) is 9.08. The van der Waals surface area contributed by atoms with E-state index in [1.54, 1.807) is 12.4 Å². The number of hydrogen-bond donors (Lipinski definition) is 3. The Morgan fingerprint density at radius 2 is 1.95 bits per heavy atom. The van der Waals surface area contributed by atoms with Crippen LogP contribution in [0.5, 0.6) is 0 Å². The smallest absolute Gasteiger partial charge is 0.248 e. The fourth-order valence-corrected chi connectivity index (χ4v) is 4.89. The Labute approximate surface area is 220 Å². The zero-order chi connectivity index (χ0) is 25.6. The lowest BCUT2D eigenvalue weighted by Crippen LogP contribution is -2.38. The lowest BCUT2D eigenvalue weighted by atomic mass is 9.94. The molecule has 3 N–H and O–H groups in total. The molecule has 5 rings (SSSR count). The van der Waals surface area contributed by atoms with Crippen molar-refractivity contribution in [3.05, 3.63) is 71.2 Å². The van der Waals surface area contributed by atoms with E-state index >= 15 is 0 Å². The average molecular weight is 521 g/mol. The number of fused-ring (bicyclic) bond motifs is 2. The molecule has 3 heterocycles. The lowest BCUT2D eigenvalue weighted by molar-refractivity contribution is -0.117. The molecule has 3 aromatic rings. The van der Waals surface area contributed by atoms with Crippen LogP contribution in [0.1, 0.15) is 23.6 Å². The highest BCUT2D eigenvalue weighted by Gasteiger charge is 2.26. The predicted molar refractivity (Wildman–Crippen MR) is 144 cm³/mol. The third-order valence-corrected chi connectivity index (χ3v) is 6.83. The summed E-state index contributed by atoms with van der Waals surface area (Å²) >= 11 is 6.15. The van der Waals surface area contributed by atoms with Crippen LogP contribution in [-0.2, 0) is 14.3 Å². The molecule has 1 fully saturated rings. The standard InChI is InChI=1S/C27H29ClN6O3/c28-18-2-4-20-22(16-30-24(20)14-18)27-21-15-19(3-5-23(21)31-17-32-27)33-26(36)7-6-25(35)29-8-1-9-34-10-12-37-13-11-34/h2-7,14-15,17,22,30H,1,8-13,16H2,(H,29,35)(H,33,36). The van der Waals surface area contributed by atoms with Crippen LogP contribution >= 0.6 is 11.6 Å². The van der Waals surface area contributed by atoms with Gasteiger partial charge in [-0.15, -0.1) is 0 Å². The van der Waals surface area contributed by atoms with E-state index in [9.17, 15) is 9.59 Å². The molecular formula is C27H29ClN6O3. The molecule has 192 valence electrons. The number of halogens is 1. The van der Waals surface area contributed by atoms with E-state index in [4.69, 9.17) is 16.3 Å². The summed E-state index contributed by atoms with van der Waals surface area (Å²) in [4.78, 5) is 35.9. The first-order valence-corrected chi connectivity index (χ1v) is 12.8. The number of carbonyl (C=O) groups is 2. The van der Waals surface area contributed by atoms with Crippen molar-refractivity contribution in [2.75, 3.05) is 56.6 Å². The van der Waals surface area contributed by atoms with Crippen molar-refractivity contribution in [1.82, 2.24) is 20.2 Å². The van der Waals surface area contributed by atoms with Crippen molar-refractivity contribution in [1.29, 1.82) is 0 Å². The Kier molecular flexibility index (Phi) is 7.93. The number of ether oxygens (including phenoxy) is 1. The van der Waals surface area contributed by atoms with Crippen molar-refractivity contribution < 1.29 is 14.3 Å². The monoisotopic (exact) mass is 520 g/mol. The van der Waals surface area contributed by atoms with Gasteiger partial charge in [-0.25, -0.2) is 9.97 Å². The Hall–Kier alpha value is -3.53. The number of aromatic nitrogens is 2.